The molecule has 0 unspecified atom stereocenters. The number of fused-ring (bicyclic) bond motifs is 1. The minimum Gasteiger partial charge on any atom is -0.329 e. The Labute approximate surface area is 172 Å². The summed E-state index contributed by atoms with van der Waals surface area (Å²) in [7, 11) is 0. The number of hydrogen-bond acceptors (Lipinski definition) is 7. The molecule has 4 heterocycles. The molecule has 0 aromatic carbocycles. The summed E-state index contributed by atoms with van der Waals surface area (Å²) >= 11 is 3.38. The number of aromatic nitrogens is 6. The first-order valence-electron chi connectivity index (χ1n) is 10.2. The number of tetrazole rings is 1. The van der Waals surface area contributed by atoms with Crippen LogP contribution in [0.5, 0.6) is 0 Å². The van der Waals surface area contributed by atoms with Crippen molar-refractivity contribution < 1.29 is 4.90 Å². The summed E-state index contributed by atoms with van der Waals surface area (Å²) in [4.78, 5) is 13.9. The summed E-state index contributed by atoms with van der Waals surface area (Å²) in [6.07, 6.45) is 7.48. The van der Waals surface area contributed by atoms with E-state index in [0.29, 0.717) is 6.04 Å². The van der Waals surface area contributed by atoms with Gasteiger partial charge in [0, 0.05) is 23.1 Å². The zero-order valence-corrected chi connectivity index (χ0v) is 18.1. The number of nitrogens with zero attached hydrogens (tertiary/aromatic N) is 6. The molecule has 0 atom stereocenters. The lowest BCUT2D eigenvalue weighted by molar-refractivity contribution is -0.902. The number of likely N-dealkylation sites (tertiary alicyclic amines) is 1. The van der Waals surface area contributed by atoms with E-state index in [-0.39, 0.29) is 0 Å². The molecule has 2 fully saturated rings. The Morgan fingerprint density at radius 2 is 1.89 bits per heavy atom. The Hall–Kier alpha value is -1.58. The van der Waals surface area contributed by atoms with Gasteiger partial charge in [-0.1, -0.05) is 12.8 Å². The molecule has 1 N–H and O–H groups in total. The quantitative estimate of drug-likeness (QED) is 0.645. The molecule has 9 heteroatoms. The summed E-state index contributed by atoms with van der Waals surface area (Å²) < 4.78 is 2.02. The van der Waals surface area contributed by atoms with Gasteiger partial charge < -0.3 is 4.90 Å². The van der Waals surface area contributed by atoms with Crippen molar-refractivity contribution in [1.82, 2.24) is 30.2 Å². The number of rotatable bonds is 5. The third-order valence-electron chi connectivity index (χ3n) is 6.08. The van der Waals surface area contributed by atoms with Crippen LogP contribution in [0.3, 0.4) is 0 Å². The lowest BCUT2D eigenvalue weighted by Gasteiger charge is -2.13. The van der Waals surface area contributed by atoms with Crippen molar-refractivity contribution in [3.63, 3.8) is 0 Å². The molecule has 5 rings (SSSR count). The molecule has 148 valence electrons. The molecule has 1 aliphatic heterocycles. The molecule has 2 aliphatic rings. The first-order valence-corrected chi connectivity index (χ1v) is 11.9. The monoisotopic (exact) mass is 416 g/mol. The van der Waals surface area contributed by atoms with Gasteiger partial charge in [0.1, 0.15) is 16.4 Å². The van der Waals surface area contributed by atoms with E-state index in [1.165, 1.54) is 54.6 Å². The molecule has 3 aromatic rings. The highest BCUT2D eigenvalue weighted by Gasteiger charge is 2.25. The van der Waals surface area contributed by atoms with E-state index in [0.717, 1.165) is 40.2 Å². The minimum atomic E-state index is 0.425. The van der Waals surface area contributed by atoms with Crippen LogP contribution in [0.2, 0.25) is 0 Å². The molecule has 0 amide bonds. The minimum absolute atomic E-state index is 0.425. The van der Waals surface area contributed by atoms with Gasteiger partial charge in [-0.3, -0.25) is 0 Å². The molecular weight excluding hydrogens is 390 g/mol. The fourth-order valence-corrected chi connectivity index (χ4v) is 6.55. The third-order valence-corrected chi connectivity index (χ3v) is 8.12. The van der Waals surface area contributed by atoms with Crippen molar-refractivity contribution in [3.8, 4) is 0 Å². The zero-order valence-electron chi connectivity index (χ0n) is 16.4. The van der Waals surface area contributed by atoms with Crippen molar-refractivity contribution in [2.45, 2.75) is 75.1 Å². The van der Waals surface area contributed by atoms with Gasteiger partial charge in [-0.2, -0.15) is 0 Å². The van der Waals surface area contributed by atoms with Gasteiger partial charge in [-0.25, -0.2) is 14.6 Å². The molecule has 1 saturated carbocycles. The number of thiophene rings is 1. The number of nitrogens with one attached hydrogen (secondary N) is 1. The Morgan fingerprint density at radius 3 is 2.68 bits per heavy atom. The lowest BCUT2D eigenvalue weighted by Crippen LogP contribution is -3.08. The van der Waals surface area contributed by atoms with Gasteiger partial charge in [0.05, 0.1) is 19.1 Å². The van der Waals surface area contributed by atoms with Gasteiger partial charge in [-0.05, 0) is 54.4 Å². The second-order valence-corrected chi connectivity index (χ2v) is 10.1. The van der Waals surface area contributed by atoms with Crippen LogP contribution in [-0.4, -0.2) is 43.3 Å². The van der Waals surface area contributed by atoms with E-state index < -0.39 is 0 Å². The number of quaternary nitrogens is 1. The van der Waals surface area contributed by atoms with Crippen LogP contribution in [0.4, 0.5) is 0 Å². The highest BCUT2D eigenvalue weighted by Crippen LogP contribution is 2.39. The normalized spacial score (nSPS) is 18.6. The van der Waals surface area contributed by atoms with E-state index in [1.807, 2.05) is 4.68 Å². The second kappa shape index (κ2) is 7.68. The average Bonchev–Trinajstić information content (AvgIpc) is 3.45. The third kappa shape index (κ3) is 3.44. The molecule has 1 aliphatic carbocycles. The Bertz CT molecular complexity index is 984. The smallest absolute Gasteiger partial charge is 0.215 e. The van der Waals surface area contributed by atoms with Crippen molar-refractivity contribution in [2.75, 3.05) is 13.1 Å². The lowest BCUT2D eigenvalue weighted by atomic mass is 10.2. The van der Waals surface area contributed by atoms with Gasteiger partial charge in [0.25, 0.3) is 0 Å². The Balaban J connectivity index is 1.52. The fraction of sp³-hybridized carbons (Fsp3) is 0.632. The molecule has 3 aromatic heterocycles. The molecule has 0 radical (unpaired) electrons. The predicted octanol–water partition coefficient (Wildman–Crippen LogP) is 2.74. The topological polar surface area (TPSA) is 73.8 Å². The summed E-state index contributed by atoms with van der Waals surface area (Å²) in [6, 6.07) is 0.425. The van der Waals surface area contributed by atoms with Crippen molar-refractivity contribution in [2.24, 2.45) is 0 Å². The van der Waals surface area contributed by atoms with E-state index in [9.17, 15) is 0 Å². The largest absolute Gasteiger partial charge is 0.329 e. The van der Waals surface area contributed by atoms with E-state index >= 15 is 0 Å². The summed E-state index contributed by atoms with van der Waals surface area (Å²) in [6.45, 7) is 7.71. The molecule has 7 nitrogen and oxygen atoms in total. The average molecular weight is 417 g/mol. The molecule has 0 spiro atoms. The Kier molecular flexibility index (Phi) is 5.06. The first kappa shape index (κ1) is 18.4. The maximum absolute atomic E-state index is 5.01. The molecule has 1 saturated heterocycles. The SMILES string of the molecule is Cc1sc2nc(C[NH+]3CCCC3)nc(Sc3nnnn3C3CCCC3)c2c1C. The van der Waals surface area contributed by atoms with Gasteiger partial charge in [-0.15, -0.1) is 16.4 Å². The van der Waals surface area contributed by atoms with Crippen LogP contribution >= 0.6 is 23.1 Å². The zero-order chi connectivity index (χ0) is 19.1. The first-order chi connectivity index (χ1) is 13.7. The van der Waals surface area contributed by atoms with Crippen LogP contribution in [0.1, 0.15) is 60.8 Å². The van der Waals surface area contributed by atoms with Crippen LogP contribution in [0.25, 0.3) is 10.2 Å². The highest BCUT2D eigenvalue weighted by molar-refractivity contribution is 7.99. The van der Waals surface area contributed by atoms with Crippen molar-refractivity contribution in [1.29, 1.82) is 0 Å². The van der Waals surface area contributed by atoms with Crippen molar-refractivity contribution in [3.05, 3.63) is 16.3 Å². The van der Waals surface area contributed by atoms with E-state index in [1.54, 1.807) is 28.0 Å². The number of aryl methyl sites for hydroxylation is 2. The predicted molar refractivity (Wildman–Crippen MR) is 110 cm³/mol. The van der Waals surface area contributed by atoms with Gasteiger partial charge in [0.2, 0.25) is 5.16 Å². The Morgan fingerprint density at radius 1 is 1.11 bits per heavy atom. The molecule has 0 bridgehead atoms. The standard InChI is InChI=1S/C19H25N7S2/c1-12-13(2)27-17-16(12)18(21-15(20-17)11-25-9-5-6-10-25)28-19-22-23-24-26(19)14-7-3-4-8-14/h14H,3-11H2,1-2H3/p+1. The van der Waals surface area contributed by atoms with Crippen LogP contribution in [0.15, 0.2) is 10.2 Å². The maximum atomic E-state index is 5.01. The fourth-order valence-electron chi connectivity index (χ4n) is 4.40. The van der Waals surface area contributed by atoms with Gasteiger partial charge >= 0.3 is 0 Å². The maximum Gasteiger partial charge on any atom is 0.215 e. The molecule has 28 heavy (non-hydrogen) atoms. The van der Waals surface area contributed by atoms with E-state index in [4.69, 9.17) is 9.97 Å². The molecular formula is C19H26N7S2+. The van der Waals surface area contributed by atoms with Gasteiger partial charge in [0.15, 0.2) is 5.82 Å². The van der Waals surface area contributed by atoms with E-state index in [2.05, 4.69) is 29.4 Å². The van der Waals surface area contributed by atoms with Crippen LogP contribution < -0.4 is 4.90 Å². The van der Waals surface area contributed by atoms with Crippen LogP contribution in [0, 0.1) is 13.8 Å². The second-order valence-electron chi connectivity index (χ2n) is 7.99. The highest BCUT2D eigenvalue weighted by atomic mass is 32.2. The van der Waals surface area contributed by atoms with Crippen molar-refractivity contribution >= 4 is 33.3 Å². The summed E-state index contributed by atoms with van der Waals surface area (Å²) in [5.41, 5.74) is 1.28. The number of hydrogen-bond donors (Lipinski definition) is 1. The summed E-state index contributed by atoms with van der Waals surface area (Å²) in [5, 5.41) is 15.6. The van der Waals surface area contributed by atoms with Crippen LogP contribution in [-0.2, 0) is 6.54 Å². The summed E-state index contributed by atoms with van der Waals surface area (Å²) in [5.74, 6) is 0.952.